The Kier molecular flexibility index (Phi) is 4.42. The van der Waals surface area contributed by atoms with E-state index in [9.17, 15) is 9.59 Å². The predicted octanol–water partition coefficient (Wildman–Crippen LogP) is -0.726. The average Bonchev–Trinajstić information content (AvgIpc) is 2.36. The number of primary amides is 1. The largest absolute Gasteiger partial charge is 0.370 e. The van der Waals surface area contributed by atoms with E-state index in [1.165, 1.54) is 12.8 Å². The summed E-state index contributed by atoms with van der Waals surface area (Å²) >= 11 is 0. The number of carbonyl (C=O) groups is 2. The number of hydrogen-bond donors (Lipinski definition) is 2. The second-order valence-electron chi connectivity index (χ2n) is 5.76. The van der Waals surface area contributed by atoms with Crippen LogP contribution in [0.1, 0.15) is 32.6 Å². The average molecular weight is 268 g/mol. The van der Waals surface area contributed by atoms with Gasteiger partial charge in [0.2, 0.25) is 11.8 Å². The van der Waals surface area contributed by atoms with Gasteiger partial charge in [0.1, 0.15) is 0 Å². The molecule has 0 aliphatic carbocycles. The molecule has 2 aliphatic rings. The van der Waals surface area contributed by atoms with E-state index < -0.39 is 11.9 Å². The Labute approximate surface area is 114 Å². The summed E-state index contributed by atoms with van der Waals surface area (Å²) < 4.78 is 0. The molecule has 0 radical (unpaired) electrons. The Morgan fingerprint density at radius 2 is 2.05 bits per heavy atom. The topological polar surface area (TPSA) is 92.7 Å². The molecule has 4 N–H and O–H groups in total. The van der Waals surface area contributed by atoms with E-state index in [4.69, 9.17) is 11.5 Å². The van der Waals surface area contributed by atoms with Crippen molar-refractivity contribution in [1.82, 2.24) is 9.80 Å². The highest BCUT2D eigenvalue weighted by atomic mass is 16.2. The maximum absolute atomic E-state index is 12.3. The molecule has 19 heavy (non-hydrogen) atoms. The van der Waals surface area contributed by atoms with Gasteiger partial charge in [0.25, 0.3) is 0 Å². The van der Waals surface area contributed by atoms with Crippen molar-refractivity contribution in [3.05, 3.63) is 0 Å². The van der Waals surface area contributed by atoms with Crippen LogP contribution in [0.3, 0.4) is 0 Å². The van der Waals surface area contributed by atoms with Crippen LogP contribution >= 0.6 is 0 Å². The number of fused-ring (bicyclic) bond motifs is 1. The van der Waals surface area contributed by atoms with E-state index in [0.717, 1.165) is 26.1 Å². The highest BCUT2D eigenvalue weighted by Crippen LogP contribution is 2.24. The normalized spacial score (nSPS) is 29.7. The Bertz CT molecular complexity index is 361. The molecule has 2 rings (SSSR count). The van der Waals surface area contributed by atoms with Crippen LogP contribution in [0.15, 0.2) is 0 Å². The van der Waals surface area contributed by atoms with Crippen LogP contribution in [0.25, 0.3) is 0 Å². The van der Waals surface area contributed by atoms with Crippen LogP contribution in [-0.4, -0.2) is 59.4 Å². The van der Waals surface area contributed by atoms with Crippen molar-refractivity contribution >= 4 is 11.8 Å². The SMILES string of the molecule is CC1CN2CCCCC2CN1C(=O)C(N)CC(N)=O. The molecule has 0 saturated carbocycles. The van der Waals surface area contributed by atoms with Crippen LogP contribution in [0.5, 0.6) is 0 Å². The number of piperazine rings is 1. The third kappa shape index (κ3) is 3.25. The summed E-state index contributed by atoms with van der Waals surface area (Å²) in [5.41, 5.74) is 10.9. The fourth-order valence-electron chi connectivity index (χ4n) is 3.18. The fourth-order valence-corrected chi connectivity index (χ4v) is 3.18. The molecule has 2 saturated heterocycles. The zero-order chi connectivity index (χ0) is 14.0. The van der Waals surface area contributed by atoms with Crippen LogP contribution in [0, 0.1) is 0 Å². The van der Waals surface area contributed by atoms with Gasteiger partial charge < -0.3 is 16.4 Å². The van der Waals surface area contributed by atoms with Gasteiger partial charge >= 0.3 is 0 Å². The first-order chi connectivity index (χ1) is 8.99. The molecule has 0 bridgehead atoms. The number of hydrogen-bond acceptors (Lipinski definition) is 4. The van der Waals surface area contributed by atoms with Gasteiger partial charge in [-0.15, -0.1) is 0 Å². The van der Waals surface area contributed by atoms with Gasteiger partial charge in [-0.2, -0.15) is 0 Å². The maximum atomic E-state index is 12.3. The van der Waals surface area contributed by atoms with E-state index in [1.54, 1.807) is 0 Å². The number of carbonyl (C=O) groups excluding carboxylic acids is 2. The highest BCUT2D eigenvalue weighted by Gasteiger charge is 2.36. The third-order valence-electron chi connectivity index (χ3n) is 4.21. The Morgan fingerprint density at radius 1 is 1.32 bits per heavy atom. The quantitative estimate of drug-likeness (QED) is 0.706. The summed E-state index contributed by atoms with van der Waals surface area (Å²) in [7, 11) is 0. The van der Waals surface area contributed by atoms with Crippen molar-refractivity contribution in [3.63, 3.8) is 0 Å². The molecule has 3 unspecified atom stereocenters. The summed E-state index contributed by atoms with van der Waals surface area (Å²) in [4.78, 5) is 27.5. The number of rotatable bonds is 3. The van der Waals surface area contributed by atoms with Gasteiger partial charge in [0.15, 0.2) is 0 Å². The molecule has 6 nitrogen and oxygen atoms in total. The molecule has 2 heterocycles. The smallest absolute Gasteiger partial charge is 0.240 e. The third-order valence-corrected chi connectivity index (χ3v) is 4.21. The number of piperidine rings is 1. The molecule has 108 valence electrons. The summed E-state index contributed by atoms with van der Waals surface area (Å²) in [6.07, 6.45) is 3.54. The summed E-state index contributed by atoms with van der Waals surface area (Å²) in [5, 5.41) is 0. The van der Waals surface area contributed by atoms with Gasteiger partial charge in [-0.05, 0) is 26.3 Å². The maximum Gasteiger partial charge on any atom is 0.240 e. The Balaban J connectivity index is 1.99. The molecule has 0 aromatic rings. The molecular weight excluding hydrogens is 244 g/mol. The summed E-state index contributed by atoms with van der Waals surface area (Å²) in [5.74, 6) is -0.665. The van der Waals surface area contributed by atoms with Crippen molar-refractivity contribution in [1.29, 1.82) is 0 Å². The first kappa shape index (κ1) is 14.3. The minimum atomic E-state index is -0.796. The van der Waals surface area contributed by atoms with Crippen LogP contribution in [0.2, 0.25) is 0 Å². The standard InChI is InChI=1S/C13H24N4O2/c1-9-7-16-5-3-2-4-10(16)8-17(9)13(19)11(14)6-12(15)18/h9-11H,2-8,14H2,1H3,(H2,15,18). The van der Waals surface area contributed by atoms with Gasteiger partial charge in [0.05, 0.1) is 12.5 Å². The molecule has 0 aromatic carbocycles. The fraction of sp³-hybridized carbons (Fsp3) is 0.846. The molecule has 3 atom stereocenters. The lowest BCUT2D eigenvalue weighted by Gasteiger charge is -2.48. The van der Waals surface area contributed by atoms with Crippen molar-refractivity contribution in [2.24, 2.45) is 11.5 Å². The van der Waals surface area contributed by atoms with E-state index in [-0.39, 0.29) is 18.4 Å². The second-order valence-corrected chi connectivity index (χ2v) is 5.76. The summed E-state index contributed by atoms with van der Waals surface area (Å²) in [6.45, 7) is 4.80. The minimum Gasteiger partial charge on any atom is -0.370 e. The zero-order valence-electron chi connectivity index (χ0n) is 11.5. The number of amides is 2. The number of nitrogens with zero attached hydrogens (tertiary/aromatic N) is 2. The summed E-state index contributed by atoms with van der Waals surface area (Å²) in [6, 6.07) is -0.189. The van der Waals surface area contributed by atoms with Crippen LogP contribution in [-0.2, 0) is 9.59 Å². The minimum absolute atomic E-state index is 0.0730. The van der Waals surface area contributed by atoms with Crippen LogP contribution in [0.4, 0.5) is 0 Å². The van der Waals surface area contributed by atoms with E-state index in [2.05, 4.69) is 4.90 Å². The van der Waals surface area contributed by atoms with Crippen molar-refractivity contribution in [2.75, 3.05) is 19.6 Å². The zero-order valence-corrected chi connectivity index (χ0v) is 11.5. The first-order valence-corrected chi connectivity index (χ1v) is 7.07. The van der Waals surface area contributed by atoms with Crippen LogP contribution < -0.4 is 11.5 Å². The van der Waals surface area contributed by atoms with Gasteiger partial charge in [-0.3, -0.25) is 14.5 Å². The lowest BCUT2D eigenvalue weighted by Crippen LogP contribution is -2.62. The lowest BCUT2D eigenvalue weighted by atomic mass is 9.96. The monoisotopic (exact) mass is 268 g/mol. The van der Waals surface area contributed by atoms with Gasteiger partial charge in [-0.25, -0.2) is 0 Å². The Morgan fingerprint density at radius 3 is 2.74 bits per heavy atom. The molecule has 2 aliphatic heterocycles. The second kappa shape index (κ2) is 5.88. The van der Waals surface area contributed by atoms with Gasteiger partial charge in [-0.1, -0.05) is 6.42 Å². The molecule has 2 fully saturated rings. The lowest BCUT2D eigenvalue weighted by molar-refractivity contribution is -0.141. The molecular formula is C13H24N4O2. The first-order valence-electron chi connectivity index (χ1n) is 7.07. The Hall–Kier alpha value is -1.14. The highest BCUT2D eigenvalue weighted by molar-refractivity contribution is 5.87. The van der Waals surface area contributed by atoms with Crippen molar-refractivity contribution in [3.8, 4) is 0 Å². The van der Waals surface area contributed by atoms with Crippen molar-refractivity contribution < 1.29 is 9.59 Å². The van der Waals surface area contributed by atoms with Crippen molar-refractivity contribution in [2.45, 2.75) is 50.7 Å². The molecule has 6 heteroatoms. The van der Waals surface area contributed by atoms with E-state index in [0.29, 0.717) is 6.04 Å². The predicted molar refractivity (Wildman–Crippen MR) is 72.2 cm³/mol. The molecule has 2 amide bonds. The van der Waals surface area contributed by atoms with Gasteiger partial charge in [0, 0.05) is 25.2 Å². The van der Waals surface area contributed by atoms with E-state index in [1.807, 2.05) is 11.8 Å². The molecule has 0 aromatic heterocycles. The van der Waals surface area contributed by atoms with E-state index >= 15 is 0 Å². The number of nitrogens with two attached hydrogens (primary N) is 2. The molecule has 0 spiro atoms.